The van der Waals surface area contributed by atoms with Gasteiger partial charge in [-0.15, -0.1) is 11.3 Å². The predicted octanol–water partition coefficient (Wildman–Crippen LogP) is 1.29. The lowest BCUT2D eigenvalue weighted by Gasteiger charge is -2.45. The first-order valence-corrected chi connectivity index (χ1v) is 14.3. The molecular weight excluding hydrogens is 488 g/mol. The van der Waals surface area contributed by atoms with E-state index in [0.717, 1.165) is 29.1 Å². The molecule has 0 radical (unpaired) electrons. The van der Waals surface area contributed by atoms with Crippen LogP contribution in [0.15, 0.2) is 23.8 Å². The van der Waals surface area contributed by atoms with Crippen molar-refractivity contribution >= 4 is 43.3 Å². The first kappa shape index (κ1) is 24.3. The van der Waals surface area contributed by atoms with Crippen LogP contribution < -0.4 is 10.6 Å². The lowest BCUT2D eigenvalue weighted by atomic mass is 10.1. The van der Waals surface area contributed by atoms with Crippen molar-refractivity contribution in [2.45, 2.75) is 32.0 Å². The molecule has 5 heterocycles. The quantitative estimate of drug-likeness (QED) is 0.527. The number of morpholine rings is 1. The molecule has 2 saturated heterocycles. The van der Waals surface area contributed by atoms with Crippen molar-refractivity contribution in [3.05, 3.63) is 23.8 Å². The molecule has 3 aromatic rings. The average molecular weight is 519 g/mol. The molecule has 5 rings (SSSR count). The van der Waals surface area contributed by atoms with Crippen molar-refractivity contribution in [2.24, 2.45) is 0 Å². The molecule has 2 aliphatic heterocycles. The van der Waals surface area contributed by atoms with Gasteiger partial charge >= 0.3 is 0 Å². The second kappa shape index (κ2) is 9.54. The summed E-state index contributed by atoms with van der Waals surface area (Å²) in [4.78, 5) is 22.4. The van der Waals surface area contributed by atoms with Gasteiger partial charge in [-0.2, -0.15) is 4.31 Å². The Labute approximate surface area is 209 Å². The minimum Gasteiger partial charge on any atom is -0.373 e. The van der Waals surface area contributed by atoms with Crippen LogP contribution in [0.1, 0.15) is 13.8 Å². The average Bonchev–Trinajstić information content (AvgIpc) is 3.29. The Hall–Kier alpha value is -2.45. The number of hydrogen-bond donors (Lipinski definition) is 1. The highest BCUT2D eigenvalue weighted by molar-refractivity contribution is 7.88. The molecule has 0 saturated carbocycles. The van der Waals surface area contributed by atoms with Gasteiger partial charge in [0.05, 0.1) is 34.7 Å². The summed E-state index contributed by atoms with van der Waals surface area (Å²) >= 11 is 1.62. The van der Waals surface area contributed by atoms with Crippen LogP contribution in [0.2, 0.25) is 0 Å². The highest BCUT2D eigenvalue weighted by Gasteiger charge is 2.36. The van der Waals surface area contributed by atoms with Gasteiger partial charge in [-0.3, -0.25) is 4.90 Å². The third kappa shape index (κ3) is 5.09. The molecule has 2 N–H and O–H groups in total. The van der Waals surface area contributed by atoms with Crippen LogP contribution in [0.25, 0.3) is 21.6 Å². The zero-order valence-electron chi connectivity index (χ0n) is 20.0. The summed E-state index contributed by atoms with van der Waals surface area (Å²) in [6.07, 6.45) is 4.54. The van der Waals surface area contributed by atoms with Gasteiger partial charge in [-0.1, -0.05) is 0 Å². The van der Waals surface area contributed by atoms with Crippen molar-refractivity contribution in [1.29, 1.82) is 0 Å². The molecular formula is C22H30N8O3S2. The topological polar surface area (TPSA) is 131 Å². The number of anilines is 2. The van der Waals surface area contributed by atoms with Crippen LogP contribution in [0.5, 0.6) is 0 Å². The molecule has 2 fully saturated rings. The number of nitrogens with two attached hydrogens (primary N) is 1. The maximum Gasteiger partial charge on any atom is 0.219 e. The zero-order chi connectivity index (χ0) is 24.7. The zero-order valence-corrected chi connectivity index (χ0v) is 21.7. The van der Waals surface area contributed by atoms with E-state index >= 15 is 0 Å². The number of rotatable bonds is 5. The maximum absolute atomic E-state index is 12.1. The number of fused-ring (bicyclic) bond motifs is 1. The Kier molecular flexibility index (Phi) is 6.61. The first-order valence-electron chi connectivity index (χ1n) is 11.6. The molecule has 0 amide bonds. The molecule has 13 heteroatoms. The molecule has 35 heavy (non-hydrogen) atoms. The summed E-state index contributed by atoms with van der Waals surface area (Å²) in [6, 6.07) is 2.20. The number of nitrogen functional groups attached to an aromatic ring is 1. The third-order valence-electron chi connectivity index (χ3n) is 6.61. The van der Waals surface area contributed by atoms with Crippen LogP contribution in [0, 0.1) is 0 Å². The van der Waals surface area contributed by atoms with Crippen LogP contribution >= 0.6 is 11.3 Å². The van der Waals surface area contributed by atoms with Gasteiger partial charge < -0.3 is 15.4 Å². The smallest absolute Gasteiger partial charge is 0.219 e. The van der Waals surface area contributed by atoms with Gasteiger partial charge in [0.15, 0.2) is 11.6 Å². The summed E-state index contributed by atoms with van der Waals surface area (Å²) in [7, 11) is -3.20. The van der Waals surface area contributed by atoms with Crippen LogP contribution in [-0.4, -0.2) is 101 Å². The summed E-state index contributed by atoms with van der Waals surface area (Å²) in [5, 5.41) is 2.02. The lowest BCUT2D eigenvalue weighted by Crippen LogP contribution is -2.60. The Balaban J connectivity index is 1.36. The Morgan fingerprint density at radius 2 is 1.86 bits per heavy atom. The molecule has 188 valence electrons. The fraction of sp³-hybridized carbons (Fsp3) is 0.545. The molecule has 2 aliphatic rings. The number of thiophene rings is 1. The van der Waals surface area contributed by atoms with E-state index in [4.69, 9.17) is 20.4 Å². The standard InChI is InChI=1S/C22H30N8O3S2/c1-14-10-29(35(3,31)32)11-15(2)30(14)13-17-12-28(5-6-33-17)21-19-18(4-7-34-19)26-20(27-21)16-8-24-22(23)25-9-16/h4,7-9,14-15,17H,5-6,10-13H2,1-3H3,(H2,23,24,25)/t14-,15+,17?. The van der Waals surface area contributed by atoms with E-state index in [0.29, 0.717) is 37.6 Å². The summed E-state index contributed by atoms with van der Waals surface area (Å²) in [5.41, 5.74) is 7.24. The van der Waals surface area contributed by atoms with Crippen molar-refractivity contribution in [1.82, 2.24) is 29.1 Å². The molecule has 0 bridgehead atoms. The van der Waals surface area contributed by atoms with E-state index in [1.165, 1.54) is 6.26 Å². The van der Waals surface area contributed by atoms with Gasteiger partial charge in [0.25, 0.3) is 0 Å². The van der Waals surface area contributed by atoms with Crippen molar-refractivity contribution in [2.75, 3.05) is 56.2 Å². The van der Waals surface area contributed by atoms with E-state index in [2.05, 4.69) is 33.6 Å². The normalized spacial score (nSPS) is 24.8. The fourth-order valence-electron chi connectivity index (χ4n) is 4.84. The summed E-state index contributed by atoms with van der Waals surface area (Å²) in [5.74, 6) is 1.66. The maximum atomic E-state index is 12.1. The molecule has 3 atom stereocenters. The second-order valence-corrected chi connectivity index (χ2v) is 12.1. The van der Waals surface area contributed by atoms with Gasteiger partial charge in [0.1, 0.15) is 0 Å². The first-order chi connectivity index (χ1) is 16.7. The van der Waals surface area contributed by atoms with Crippen molar-refractivity contribution in [3.63, 3.8) is 0 Å². The molecule has 1 unspecified atom stereocenters. The predicted molar refractivity (Wildman–Crippen MR) is 137 cm³/mol. The summed E-state index contributed by atoms with van der Waals surface area (Å²) in [6.45, 7) is 7.88. The van der Waals surface area contributed by atoms with Gasteiger partial charge in [0.2, 0.25) is 16.0 Å². The highest BCUT2D eigenvalue weighted by atomic mass is 32.2. The summed E-state index contributed by atoms with van der Waals surface area (Å²) < 4.78 is 32.9. The molecule has 0 aromatic carbocycles. The third-order valence-corrected chi connectivity index (χ3v) is 8.74. The Bertz CT molecular complexity index is 1290. The Morgan fingerprint density at radius 1 is 1.14 bits per heavy atom. The van der Waals surface area contributed by atoms with Crippen LogP contribution in [-0.2, 0) is 14.8 Å². The number of sulfonamides is 1. The largest absolute Gasteiger partial charge is 0.373 e. The Morgan fingerprint density at radius 3 is 2.54 bits per heavy atom. The monoisotopic (exact) mass is 518 g/mol. The van der Waals surface area contributed by atoms with Crippen molar-refractivity contribution < 1.29 is 13.2 Å². The van der Waals surface area contributed by atoms with Crippen LogP contribution in [0.4, 0.5) is 11.8 Å². The number of ether oxygens (including phenoxy) is 1. The van der Waals surface area contributed by atoms with Gasteiger partial charge in [-0.25, -0.2) is 28.4 Å². The molecule has 0 aliphatic carbocycles. The number of aromatic nitrogens is 4. The number of hydrogen-bond acceptors (Lipinski definition) is 11. The van der Waals surface area contributed by atoms with E-state index in [-0.39, 0.29) is 24.1 Å². The van der Waals surface area contributed by atoms with Gasteiger partial charge in [-0.05, 0) is 25.3 Å². The van der Waals surface area contributed by atoms with Crippen molar-refractivity contribution in [3.8, 4) is 11.4 Å². The van der Waals surface area contributed by atoms with E-state index in [1.54, 1.807) is 28.0 Å². The fourth-order valence-corrected chi connectivity index (χ4v) is 6.66. The molecule has 0 spiro atoms. The molecule has 11 nitrogen and oxygen atoms in total. The van der Waals surface area contributed by atoms with Gasteiger partial charge in [0, 0.05) is 57.2 Å². The lowest BCUT2D eigenvalue weighted by molar-refractivity contribution is -0.0179. The van der Waals surface area contributed by atoms with E-state index < -0.39 is 10.0 Å². The second-order valence-electron chi connectivity index (χ2n) is 9.25. The minimum absolute atomic E-state index is 0.0216. The SMILES string of the molecule is C[C@@H]1CN(S(C)(=O)=O)C[C@H](C)N1CC1CN(c2nc(-c3cnc(N)nc3)nc3ccsc23)CCO1. The minimum atomic E-state index is -3.20. The van der Waals surface area contributed by atoms with E-state index in [9.17, 15) is 8.42 Å². The number of nitrogens with zero attached hydrogens (tertiary/aromatic N) is 7. The van der Waals surface area contributed by atoms with E-state index in [1.807, 2.05) is 11.4 Å². The highest BCUT2D eigenvalue weighted by Crippen LogP contribution is 2.32. The molecule has 3 aromatic heterocycles. The van der Waals surface area contributed by atoms with Crippen LogP contribution in [0.3, 0.4) is 0 Å². The number of piperazine rings is 1.